The van der Waals surface area contributed by atoms with E-state index in [0.717, 1.165) is 19.4 Å². The molecule has 3 rings (SSSR count). The SMILES string of the molecule is CCc1ccc(C(c2ccc(CC)cc2)C2CCCN2)cc1. The Kier molecular flexibility index (Phi) is 4.94. The molecule has 0 aliphatic carbocycles. The highest BCUT2D eigenvalue weighted by atomic mass is 14.9. The van der Waals surface area contributed by atoms with Crippen LogP contribution >= 0.6 is 0 Å². The van der Waals surface area contributed by atoms with Crippen molar-refractivity contribution in [2.24, 2.45) is 0 Å². The van der Waals surface area contributed by atoms with Gasteiger partial charge in [0.25, 0.3) is 0 Å². The van der Waals surface area contributed by atoms with Crippen LogP contribution in [0.15, 0.2) is 48.5 Å². The molecule has 1 atom stereocenters. The van der Waals surface area contributed by atoms with Crippen molar-refractivity contribution in [3.63, 3.8) is 0 Å². The van der Waals surface area contributed by atoms with Gasteiger partial charge in [-0.1, -0.05) is 62.4 Å². The van der Waals surface area contributed by atoms with E-state index in [1.165, 1.54) is 35.1 Å². The lowest BCUT2D eigenvalue weighted by Crippen LogP contribution is -2.29. The molecule has 1 heterocycles. The molecule has 2 aromatic carbocycles. The van der Waals surface area contributed by atoms with Gasteiger partial charge in [-0.25, -0.2) is 0 Å². The molecule has 0 saturated carbocycles. The average molecular weight is 293 g/mol. The lowest BCUT2D eigenvalue weighted by atomic mass is 9.83. The molecule has 0 amide bonds. The van der Waals surface area contributed by atoms with Crippen molar-refractivity contribution in [3.05, 3.63) is 70.8 Å². The predicted octanol–water partition coefficient (Wildman–Crippen LogP) is 4.70. The Morgan fingerprint density at radius 1 is 0.864 bits per heavy atom. The zero-order valence-electron chi connectivity index (χ0n) is 13.8. The summed E-state index contributed by atoms with van der Waals surface area (Å²) < 4.78 is 0. The van der Waals surface area contributed by atoms with Gasteiger partial charge in [-0.2, -0.15) is 0 Å². The Bertz CT molecular complexity index is 529. The van der Waals surface area contributed by atoms with Crippen LogP contribution in [0.25, 0.3) is 0 Å². The van der Waals surface area contributed by atoms with Crippen LogP contribution in [0.3, 0.4) is 0 Å². The average Bonchev–Trinajstić information content (AvgIpc) is 3.10. The minimum Gasteiger partial charge on any atom is -0.313 e. The Morgan fingerprint density at radius 2 is 1.36 bits per heavy atom. The van der Waals surface area contributed by atoms with Crippen molar-refractivity contribution >= 4 is 0 Å². The lowest BCUT2D eigenvalue weighted by molar-refractivity contribution is 0.540. The molecule has 0 bridgehead atoms. The van der Waals surface area contributed by atoms with Gasteiger partial charge in [0.15, 0.2) is 0 Å². The zero-order chi connectivity index (χ0) is 15.4. The molecule has 1 heteroatoms. The van der Waals surface area contributed by atoms with Gasteiger partial charge in [0.1, 0.15) is 0 Å². The van der Waals surface area contributed by atoms with Gasteiger partial charge in [-0.05, 0) is 54.5 Å². The van der Waals surface area contributed by atoms with Crippen molar-refractivity contribution in [3.8, 4) is 0 Å². The normalized spacial score (nSPS) is 18.0. The molecule has 1 N–H and O–H groups in total. The second-order valence-electron chi connectivity index (χ2n) is 6.37. The van der Waals surface area contributed by atoms with Crippen LogP contribution < -0.4 is 5.32 Å². The smallest absolute Gasteiger partial charge is 0.0243 e. The van der Waals surface area contributed by atoms with Crippen LogP contribution in [0, 0.1) is 0 Å². The molecule has 0 radical (unpaired) electrons. The van der Waals surface area contributed by atoms with Crippen LogP contribution in [-0.4, -0.2) is 12.6 Å². The number of benzene rings is 2. The first-order chi connectivity index (χ1) is 10.8. The molecular weight excluding hydrogens is 266 g/mol. The Balaban J connectivity index is 1.94. The summed E-state index contributed by atoms with van der Waals surface area (Å²) in [6.45, 7) is 5.59. The topological polar surface area (TPSA) is 12.0 Å². The third kappa shape index (κ3) is 3.25. The van der Waals surface area contributed by atoms with Gasteiger partial charge in [0.05, 0.1) is 0 Å². The first-order valence-electron chi connectivity index (χ1n) is 8.73. The van der Waals surface area contributed by atoms with Crippen molar-refractivity contribution in [2.45, 2.75) is 51.5 Å². The fourth-order valence-electron chi connectivity index (χ4n) is 3.57. The molecular formula is C21H27N. The van der Waals surface area contributed by atoms with Gasteiger partial charge in [0.2, 0.25) is 0 Å². The summed E-state index contributed by atoms with van der Waals surface area (Å²) in [6.07, 6.45) is 4.78. The second kappa shape index (κ2) is 7.11. The van der Waals surface area contributed by atoms with Gasteiger partial charge in [0, 0.05) is 12.0 Å². The number of nitrogens with one attached hydrogen (secondary N) is 1. The Hall–Kier alpha value is -1.60. The highest BCUT2D eigenvalue weighted by Crippen LogP contribution is 2.32. The third-order valence-electron chi connectivity index (χ3n) is 4.99. The maximum absolute atomic E-state index is 3.71. The highest BCUT2D eigenvalue weighted by molar-refractivity contribution is 5.37. The molecule has 1 aliphatic rings. The fourth-order valence-corrected chi connectivity index (χ4v) is 3.57. The first kappa shape index (κ1) is 15.3. The number of hydrogen-bond acceptors (Lipinski definition) is 1. The number of hydrogen-bond donors (Lipinski definition) is 1. The molecule has 1 fully saturated rings. The fraction of sp³-hybridized carbons (Fsp3) is 0.429. The maximum Gasteiger partial charge on any atom is 0.0243 e. The van der Waals surface area contributed by atoms with E-state index in [9.17, 15) is 0 Å². The summed E-state index contributed by atoms with van der Waals surface area (Å²) in [5.41, 5.74) is 5.73. The van der Waals surface area contributed by atoms with Gasteiger partial charge in [-0.3, -0.25) is 0 Å². The van der Waals surface area contributed by atoms with E-state index in [1.807, 2.05) is 0 Å². The summed E-state index contributed by atoms with van der Waals surface area (Å²) in [5.74, 6) is 0.472. The van der Waals surface area contributed by atoms with Crippen LogP contribution in [-0.2, 0) is 12.8 Å². The van der Waals surface area contributed by atoms with E-state index in [-0.39, 0.29) is 0 Å². The highest BCUT2D eigenvalue weighted by Gasteiger charge is 2.27. The summed E-state index contributed by atoms with van der Waals surface area (Å²) in [6, 6.07) is 19.0. The van der Waals surface area contributed by atoms with E-state index >= 15 is 0 Å². The van der Waals surface area contributed by atoms with Crippen molar-refractivity contribution in [1.29, 1.82) is 0 Å². The molecule has 2 aromatic rings. The van der Waals surface area contributed by atoms with E-state index in [4.69, 9.17) is 0 Å². The second-order valence-corrected chi connectivity index (χ2v) is 6.37. The first-order valence-corrected chi connectivity index (χ1v) is 8.73. The molecule has 116 valence electrons. The summed E-state index contributed by atoms with van der Waals surface area (Å²) >= 11 is 0. The summed E-state index contributed by atoms with van der Waals surface area (Å²) in [4.78, 5) is 0. The third-order valence-corrected chi connectivity index (χ3v) is 4.99. The van der Waals surface area contributed by atoms with Crippen molar-refractivity contribution in [2.75, 3.05) is 6.54 Å². The van der Waals surface area contributed by atoms with Crippen LogP contribution in [0.1, 0.15) is 54.9 Å². The van der Waals surface area contributed by atoms with E-state index in [0.29, 0.717) is 12.0 Å². The van der Waals surface area contributed by atoms with Gasteiger partial charge >= 0.3 is 0 Å². The standard InChI is InChI=1S/C21H27N/c1-3-16-7-11-18(12-8-16)21(20-6-5-15-22-20)19-13-9-17(4-2)10-14-19/h7-14,20-22H,3-6,15H2,1-2H3. The predicted molar refractivity (Wildman–Crippen MR) is 94.5 cm³/mol. The van der Waals surface area contributed by atoms with Gasteiger partial charge in [-0.15, -0.1) is 0 Å². The molecule has 0 aromatic heterocycles. The zero-order valence-corrected chi connectivity index (χ0v) is 13.8. The van der Waals surface area contributed by atoms with E-state index < -0.39 is 0 Å². The molecule has 22 heavy (non-hydrogen) atoms. The minimum atomic E-state index is 0.472. The van der Waals surface area contributed by atoms with Crippen molar-refractivity contribution < 1.29 is 0 Å². The quantitative estimate of drug-likeness (QED) is 0.843. The number of rotatable bonds is 5. The van der Waals surface area contributed by atoms with Gasteiger partial charge < -0.3 is 5.32 Å². The van der Waals surface area contributed by atoms with E-state index in [2.05, 4.69) is 67.7 Å². The Labute approximate surface area is 134 Å². The van der Waals surface area contributed by atoms with E-state index in [1.54, 1.807) is 0 Å². The molecule has 1 saturated heterocycles. The summed E-state index contributed by atoms with van der Waals surface area (Å²) in [5, 5.41) is 3.71. The number of aryl methyl sites for hydroxylation is 2. The largest absolute Gasteiger partial charge is 0.313 e. The Morgan fingerprint density at radius 3 is 1.73 bits per heavy atom. The molecule has 1 nitrogen and oxygen atoms in total. The molecule has 1 aliphatic heterocycles. The van der Waals surface area contributed by atoms with Crippen LogP contribution in [0.4, 0.5) is 0 Å². The monoisotopic (exact) mass is 293 g/mol. The molecule has 0 spiro atoms. The molecule has 1 unspecified atom stereocenters. The minimum absolute atomic E-state index is 0.472. The van der Waals surface area contributed by atoms with Crippen LogP contribution in [0.2, 0.25) is 0 Å². The van der Waals surface area contributed by atoms with Crippen LogP contribution in [0.5, 0.6) is 0 Å². The lowest BCUT2D eigenvalue weighted by Gasteiger charge is -2.25. The van der Waals surface area contributed by atoms with Crippen molar-refractivity contribution in [1.82, 2.24) is 5.32 Å². The maximum atomic E-state index is 3.71. The summed E-state index contributed by atoms with van der Waals surface area (Å²) in [7, 11) is 0.